The first kappa shape index (κ1) is 23.3. The van der Waals surface area contributed by atoms with Crippen LogP contribution >= 0.6 is 35.6 Å². The van der Waals surface area contributed by atoms with Gasteiger partial charge in [-0.25, -0.2) is 0 Å². The lowest BCUT2D eigenvalue weighted by atomic mass is 10.1. The molecule has 3 aromatic carbocycles. The van der Waals surface area contributed by atoms with Crippen molar-refractivity contribution in [3.8, 4) is 11.5 Å². The van der Waals surface area contributed by atoms with Gasteiger partial charge in [-0.3, -0.25) is 0 Å². The van der Waals surface area contributed by atoms with Gasteiger partial charge in [0, 0.05) is 28.7 Å². The van der Waals surface area contributed by atoms with E-state index < -0.39 is 6.10 Å². The number of phenolic OH excluding ortho intramolecular Hbond substituents is 1. The minimum atomic E-state index is -0.682. The van der Waals surface area contributed by atoms with E-state index in [-0.39, 0.29) is 18.2 Å². The Hall–Kier alpha value is -1.95. The van der Waals surface area contributed by atoms with Crippen LogP contribution in [0.2, 0.25) is 10.0 Å². The van der Waals surface area contributed by atoms with E-state index in [1.54, 1.807) is 36.4 Å². The maximum absolute atomic E-state index is 10.2. The molecule has 3 N–H and O–H groups in total. The Bertz CT molecular complexity index is 919. The van der Waals surface area contributed by atoms with Crippen molar-refractivity contribution in [2.75, 3.05) is 6.54 Å². The van der Waals surface area contributed by atoms with Crippen LogP contribution in [0.1, 0.15) is 22.8 Å². The van der Waals surface area contributed by atoms with E-state index in [4.69, 9.17) is 27.9 Å². The second kappa shape index (κ2) is 11.3. The second-order valence-corrected chi connectivity index (χ2v) is 7.25. The summed E-state index contributed by atoms with van der Waals surface area (Å²) in [6.07, 6.45) is -0.682. The van der Waals surface area contributed by atoms with Gasteiger partial charge < -0.3 is 20.3 Å². The molecule has 154 valence electrons. The van der Waals surface area contributed by atoms with Crippen molar-refractivity contribution < 1.29 is 14.9 Å². The summed E-state index contributed by atoms with van der Waals surface area (Å²) in [6.45, 7) is 1.36. The number of benzene rings is 3. The summed E-state index contributed by atoms with van der Waals surface area (Å²) in [4.78, 5) is 0. The topological polar surface area (TPSA) is 61.7 Å². The van der Waals surface area contributed by atoms with Crippen molar-refractivity contribution in [2.45, 2.75) is 19.3 Å². The average molecular weight is 455 g/mol. The Morgan fingerprint density at radius 1 is 0.966 bits per heavy atom. The van der Waals surface area contributed by atoms with Crippen LogP contribution in [-0.4, -0.2) is 16.8 Å². The molecule has 1 unspecified atom stereocenters. The van der Waals surface area contributed by atoms with Crippen molar-refractivity contribution in [2.24, 2.45) is 0 Å². The van der Waals surface area contributed by atoms with E-state index in [2.05, 4.69) is 5.32 Å². The van der Waals surface area contributed by atoms with Crippen LogP contribution in [0, 0.1) is 0 Å². The summed E-state index contributed by atoms with van der Waals surface area (Å²) >= 11 is 12.0. The molecule has 29 heavy (non-hydrogen) atoms. The van der Waals surface area contributed by atoms with Gasteiger partial charge in [-0.15, -0.1) is 12.4 Å². The van der Waals surface area contributed by atoms with Gasteiger partial charge in [-0.05, 0) is 47.5 Å². The van der Waals surface area contributed by atoms with Gasteiger partial charge in [0.05, 0.1) is 6.10 Å². The smallest absolute Gasteiger partial charge is 0.119 e. The molecule has 0 aliphatic heterocycles. The normalized spacial score (nSPS) is 11.6. The van der Waals surface area contributed by atoms with E-state index >= 15 is 0 Å². The third kappa shape index (κ3) is 7.11. The van der Waals surface area contributed by atoms with Crippen molar-refractivity contribution in [1.82, 2.24) is 5.32 Å². The number of nitrogens with one attached hydrogen (secondary N) is 1. The van der Waals surface area contributed by atoms with Crippen LogP contribution in [0.4, 0.5) is 0 Å². The highest BCUT2D eigenvalue weighted by molar-refractivity contribution is 6.35. The van der Waals surface area contributed by atoms with Gasteiger partial charge in [0.15, 0.2) is 0 Å². The Kier molecular flexibility index (Phi) is 9.08. The molecule has 0 radical (unpaired) electrons. The molecular formula is C22H22Cl3NO3. The number of rotatable bonds is 8. The molecule has 3 aromatic rings. The standard InChI is InChI=1S/C22H21Cl2NO3.ClH/c23-18-7-6-17(21(24)11-18)14-28-20-8-4-15(5-9-20)12-25-13-22(27)16-2-1-3-19(26)10-16;/h1-11,22,25-27H,12-14H2;1H. The number of hydrogen-bond donors (Lipinski definition) is 3. The largest absolute Gasteiger partial charge is 0.508 e. The molecule has 0 saturated heterocycles. The molecule has 1 atom stereocenters. The fraction of sp³-hybridized carbons (Fsp3) is 0.182. The SMILES string of the molecule is Cl.Oc1cccc(C(O)CNCc2ccc(OCc3ccc(Cl)cc3Cl)cc2)c1. The quantitative estimate of drug-likeness (QED) is 0.419. The molecular weight excluding hydrogens is 433 g/mol. The summed E-state index contributed by atoms with van der Waals surface area (Å²) in [5.41, 5.74) is 2.62. The molecule has 0 fully saturated rings. The molecule has 0 spiro atoms. The highest BCUT2D eigenvalue weighted by atomic mass is 35.5. The number of hydrogen-bond acceptors (Lipinski definition) is 4. The highest BCUT2D eigenvalue weighted by Gasteiger charge is 2.08. The summed E-state index contributed by atoms with van der Waals surface area (Å²) in [6, 6.07) is 19.7. The Labute approximate surface area is 186 Å². The number of phenols is 1. The van der Waals surface area contributed by atoms with Crippen LogP contribution in [0.5, 0.6) is 11.5 Å². The van der Waals surface area contributed by atoms with Gasteiger partial charge >= 0.3 is 0 Å². The van der Waals surface area contributed by atoms with Crippen LogP contribution in [0.15, 0.2) is 66.7 Å². The van der Waals surface area contributed by atoms with E-state index in [1.807, 2.05) is 30.3 Å². The lowest BCUT2D eigenvalue weighted by molar-refractivity contribution is 0.174. The zero-order valence-corrected chi connectivity index (χ0v) is 17.8. The molecule has 0 bridgehead atoms. The summed E-state index contributed by atoms with van der Waals surface area (Å²) in [5.74, 6) is 0.890. The van der Waals surface area contributed by atoms with Gasteiger partial charge in [0.2, 0.25) is 0 Å². The fourth-order valence-electron chi connectivity index (χ4n) is 2.71. The van der Waals surface area contributed by atoms with Crippen molar-refractivity contribution in [1.29, 1.82) is 0 Å². The fourth-order valence-corrected chi connectivity index (χ4v) is 3.17. The number of aliphatic hydroxyl groups is 1. The summed E-state index contributed by atoms with van der Waals surface area (Å²) in [7, 11) is 0. The number of aromatic hydroxyl groups is 1. The molecule has 0 heterocycles. The molecule has 0 aliphatic carbocycles. The second-order valence-electron chi connectivity index (χ2n) is 6.41. The van der Waals surface area contributed by atoms with Crippen LogP contribution in [0.25, 0.3) is 0 Å². The Morgan fingerprint density at radius 2 is 1.72 bits per heavy atom. The molecule has 0 saturated carbocycles. The lowest BCUT2D eigenvalue weighted by Gasteiger charge is -2.13. The van der Waals surface area contributed by atoms with Crippen LogP contribution < -0.4 is 10.1 Å². The third-order valence-corrected chi connectivity index (χ3v) is 4.84. The van der Waals surface area contributed by atoms with Gasteiger partial charge in [-0.1, -0.05) is 53.5 Å². The highest BCUT2D eigenvalue weighted by Crippen LogP contribution is 2.23. The zero-order valence-electron chi connectivity index (χ0n) is 15.5. The Morgan fingerprint density at radius 3 is 2.41 bits per heavy atom. The molecule has 0 aromatic heterocycles. The Balaban J connectivity index is 0.00000300. The average Bonchev–Trinajstić information content (AvgIpc) is 2.68. The number of halogens is 3. The predicted molar refractivity (Wildman–Crippen MR) is 119 cm³/mol. The van der Waals surface area contributed by atoms with E-state index in [1.165, 1.54) is 0 Å². The zero-order chi connectivity index (χ0) is 19.9. The number of aliphatic hydroxyl groups excluding tert-OH is 1. The number of ether oxygens (including phenoxy) is 1. The summed E-state index contributed by atoms with van der Waals surface area (Å²) < 4.78 is 5.77. The minimum absolute atomic E-state index is 0. The van der Waals surface area contributed by atoms with E-state index in [9.17, 15) is 10.2 Å². The van der Waals surface area contributed by atoms with Gasteiger partial charge in [-0.2, -0.15) is 0 Å². The first-order chi connectivity index (χ1) is 13.5. The van der Waals surface area contributed by atoms with Gasteiger partial charge in [0.25, 0.3) is 0 Å². The molecule has 3 rings (SSSR count). The molecule has 0 aliphatic rings. The van der Waals surface area contributed by atoms with Crippen LogP contribution in [0.3, 0.4) is 0 Å². The molecule has 7 heteroatoms. The van der Waals surface area contributed by atoms with E-state index in [0.717, 1.165) is 16.9 Å². The van der Waals surface area contributed by atoms with Gasteiger partial charge in [0.1, 0.15) is 18.1 Å². The maximum atomic E-state index is 10.2. The first-order valence-corrected chi connectivity index (χ1v) is 9.60. The first-order valence-electron chi connectivity index (χ1n) is 8.84. The summed E-state index contributed by atoms with van der Waals surface area (Å²) in [5, 5.41) is 24.0. The van der Waals surface area contributed by atoms with Crippen molar-refractivity contribution in [3.63, 3.8) is 0 Å². The van der Waals surface area contributed by atoms with Crippen molar-refractivity contribution >= 4 is 35.6 Å². The van der Waals surface area contributed by atoms with Crippen LogP contribution in [-0.2, 0) is 13.2 Å². The monoisotopic (exact) mass is 453 g/mol. The lowest BCUT2D eigenvalue weighted by Crippen LogP contribution is -2.21. The minimum Gasteiger partial charge on any atom is -0.508 e. The predicted octanol–water partition coefficient (Wildman–Crippen LogP) is 5.52. The van der Waals surface area contributed by atoms with Crippen molar-refractivity contribution in [3.05, 3.63) is 93.5 Å². The maximum Gasteiger partial charge on any atom is 0.119 e. The molecule has 0 amide bonds. The molecule has 4 nitrogen and oxygen atoms in total. The van der Waals surface area contributed by atoms with E-state index in [0.29, 0.717) is 35.3 Å². The third-order valence-electron chi connectivity index (χ3n) is 4.25.